The van der Waals surface area contributed by atoms with Crippen LogP contribution in [0.4, 0.5) is 0 Å². The Labute approximate surface area is 303 Å². The van der Waals surface area contributed by atoms with Crippen LogP contribution in [0.5, 0.6) is 0 Å². The highest BCUT2D eigenvalue weighted by atomic mass is 28.3. The minimum absolute atomic E-state index is 0.0721. The van der Waals surface area contributed by atoms with Crippen molar-refractivity contribution >= 4 is 26.5 Å². The van der Waals surface area contributed by atoms with E-state index in [0.717, 1.165) is 0 Å². The van der Waals surface area contributed by atoms with Crippen molar-refractivity contribution in [3.05, 3.63) is 96.1 Å². The largest absolute Gasteiger partial charge is 0.0775 e. The van der Waals surface area contributed by atoms with Gasteiger partial charge in [0.05, 0.1) is 16.1 Å². The lowest BCUT2D eigenvalue weighted by Crippen LogP contribution is -2.37. The molecular weight excluding hydrogens is 621 g/mol. The Balaban J connectivity index is 1.58. The smallest absolute Gasteiger partial charge is 0.0656 e. The number of benzene rings is 4. The monoisotopic (exact) mass is 686 g/mol. The highest BCUT2D eigenvalue weighted by molar-refractivity contribution is 6.89. The maximum Gasteiger partial charge on any atom is 0.0775 e. The molecule has 262 valence electrons. The van der Waals surface area contributed by atoms with Crippen LogP contribution in [0.1, 0.15) is 115 Å². The molecular formula is C47H66Si2. The molecule has 0 aliphatic heterocycles. The van der Waals surface area contributed by atoms with Crippen LogP contribution in [0.25, 0.3) is 33.4 Å². The molecule has 0 fully saturated rings. The van der Waals surface area contributed by atoms with Gasteiger partial charge in [0.1, 0.15) is 0 Å². The first-order chi connectivity index (χ1) is 23.5. The standard InChI is InChI=1S/C47H66Si2/c1-9-11-13-15-17-19-33-47(34-20-18-16-14-12-10-2)45-35-39(37-21-27-41(28-22-37)48(3,4)5)25-31-43(45)44-32-26-40(36-46(44)47)38-23-29-42(30-24-38)49(6,7)8/h21-32,35-36H,9-20,33-34H2,1-8H3. The van der Waals surface area contributed by atoms with Crippen molar-refractivity contribution in [1.82, 2.24) is 0 Å². The molecule has 0 nitrogen and oxygen atoms in total. The summed E-state index contributed by atoms with van der Waals surface area (Å²) in [5.74, 6) is 0. The van der Waals surface area contributed by atoms with Crippen molar-refractivity contribution in [2.45, 2.75) is 148 Å². The zero-order valence-corrected chi connectivity index (χ0v) is 34.5. The molecule has 0 unspecified atom stereocenters. The minimum Gasteiger partial charge on any atom is -0.0656 e. The quantitative estimate of drug-likeness (QED) is 0.0722. The molecule has 0 saturated heterocycles. The van der Waals surface area contributed by atoms with Crippen LogP contribution in [-0.2, 0) is 5.41 Å². The lowest BCUT2D eigenvalue weighted by molar-refractivity contribution is 0.398. The van der Waals surface area contributed by atoms with Gasteiger partial charge in [-0.2, -0.15) is 0 Å². The van der Waals surface area contributed by atoms with Gasteiger partial charge in [0.25, 0.3) is 0 Å². The molecule has 1 aliphatic rings. The third-order valence-electron chi connectivity index (χ3n) is 11.4. The lowest BCUT2D eigenvalue weighted by atomic mass is 9.70. The summed E-state index contributed by atoms with van der Waals surface area (Å²) in [7, 11) is -2.68. The summed E-state index contributed by atoms with van der Waals surface area (Å²) in [5, 5.41) is 3.08. The second kappa shape index (κ2) is 16.6. The minimum atomic E-state index is -1.34. The van der Waals surface area contributed by atoms with Crippen molar-refractivity contribution < 1.29 is 0 Å². The van der Waals surface area contributed by atoms with Crippen LogP contribution >= 0.6 is 0 Å². The molecule has 49 heavy (non-hydrogen) atoms. The molecule has 5 rings (SSSR count). The van der Waals surface area contributed by atoms with Gasteiger partial charge in [-0.3, -0.25) is 0 Å². The van der Waals surface area contributed by atoms with Crippen molar-refractivity contribution in [2.75, 3.05) is 0 Å². The number of fused-ring (bicyclic) bond motifs is 3. The van der Waals surface area contributed by atoms with Gasteiger partial charge in [0, 0.05) is 5.41 Å². The molecule has 0 heterocycles. The van der Waals surface area contributed by atoms with Gasteiger partial charge in [0.15, 0.2) is 0 Å². The maximum atomic E-state index is 2.62. The molecule has 4 aromatic carbocycles. The second-order valence-electron chi connectivity index (χ2n) is 17.3. The predicted octanol–water partition coefficient (Wildman–Crippen LogP) is 13.9. The summed E-state index contributed by atoms with van der Waals surface area (Å²) >= 11 is 0. The predicted molar refractivity (Wildman–Crippen MR) is 225 cm³/mol. The van der Waals surface area contributed by atoms with Crippen LogP contribution in [-0.4, -0.2) is 16.1 Å². The van der Waals surface area contributed by atoms with Gasteiger partial charge in [-0.1, -0.05) is 213 Å². The average Bonchev–Trinajstić information content (AvgIpc) is 3.35. The molecule has 2 heteroatoms. The molecule has 4 aromatic rings. The van der Waals surface area contributed by atoms with Crippen LogP contribution in [0.3, 0.4) is 0 Å². The first-order valence-electron chi connectivity index (χ1n) is 20.0. The Bertz CT molecular complexity index is 1500. The maximum absolute atomic E-state index is 2.62. The van der Waals surface area contributed by atoms with E-state index in [4.69, 9.17) is 0 Å². The first-order valence-corrected chi connectivity index (χ1v) is 27.0. The first kappa shape index (κ1) is 37.6. The summed E-state index contributed by atoms with van der Waals surface area (Å²) in [6.45, 7) is 19.3. The van der Waals surface area contributed by atoms with Crippen molar-refractivity contribution in [1.29, 1.82) is 0 Å². The SMILES string of the molecule is CCCCCCCCC1(CCCCCCCC)c2cc(-c3ccc([Si](C)(C)C)cc3)ccc2-c2ccc(-c3ccc([Si](C)(C)C)cc3)cc21. The van der Waals surface area contributed by atoms with E-state index < -0.39 is 16.1 Å². The second-order valence-corrected chi connectivity index (χ2v) is 27.4. The van der Waals surface area contributed by atoms with E-state index in [1.807, 2.05) is 0 Å². The van der Waals surface area contributed by atoms with Gasteiger partial charge in [-0.25, -0.2) is 0 Å². The normalized spacial score (nSPS) is 13.8. The van der Waals surface area contributed by atoms with E-state index in [-0.39, 0.29) is 5.41 Å². The van der Waals surface area contributed by atoms with Crippen molar-refractivity contribution in [2.24, 2.45) is 0 Å². The number of hydrogen-bond acceptors (Lipinski definition) is 0. The van der Waals surface area contributed by atoms with E-state index in [1.54, 1.807) is 11.1 Å². The van der Waals surface area contributed by atoms with E-state index >= 15 is 0 Å². The molecule has 0 radical (unpaired) electrons. The third kappa shape index (κ3) is 8.98. The Morgan fingerprint density at radius 3 is 1.06 bits per heavy atom. The van der Waals surface area contributed by atoms with Gasteiger partial charge < -0.3 is 0 Å². The van der Waals surface area contributed by atoms with Gasteiger partial charge in [-0.05, 0) is 69.5 Å². The van der Waals surface area contributed by atoms with Crippen molar-refractivity contribution in [3.63, 3.8) is 0 Å². The van der Waals surface area contributed by atoms with Gasteiger partial charge >= 0.3 is 0 Å². The molecule has 0 bridgehead atoms. The summed E-state index contributed by atoms with van der Waals surface area (Å²) in [5.41, 5.74) is 11.7. The van der Waals surface area contributed by atoms with Crippen LogP contribution in [0.15, 0.2) is 84.9 Å². The molecule has 0 amide bonds. The number of rotatable bonds is 18. The van der Waals surface area contributed by atoms with E-state index in [1.165, 1.54) is 134 Å². The van der Waals surface area contributed by atoms with Gasteiger partial charge in [0.2, 0.25) is 0 Å². The van der Waals surface area contributed by atoms with Crippen LogP contribution in [0.2, 0.25) is 39.3 Å². The van der Waals surface area contributed by atoms with E-state index in [2.05, 4.69) is 138 Å². The Morgan fingerprint density at radius 1 is 0.388 bits per heavy atom. The van der Waals surface area contributed by atoms with E-state index in [9.17, 15) is 0 Å². The Hall–Kier alpha value is -2.69. The van der Waals surface area contributed by atoms with Crippen LogP contribution < -0.4 is 10.4 Å². The highest BCUT2D eigenvalue weighted by Gasteiger charge is 2.42. The number of unbranched alkanes of at least 4 members (excludes halogenated alkanes) is 10. The molecule has 0 saturated carbocycles. The fraction of sp³-hybridized carbons (Fsp3) is 0.489. The molecule has 1 aliphatic carbocycles. The topological polar surface area (TPSA) is 0 Å². The lowest BCUT2D eigenvalue weighted by Gasteiger charge is -2.33. The molecule has 0 N–H and O–H groups in total. The fourth-order valence-corrected chi connectivity index (χ4v) is 10.6. The average molecular weight is 687 g/mol. The summed E-state index contributed by atoms with van der Waals surface area (Å²) in [6, 6.07) is 34.2. The zero-order valence-electron chi connectivity index (χ0n) is 32.5. The summed E-state index contributed by atoms with van der Waals surface area (Å²) in [4.78, 5) is 0. The Kier molecular flexibility index (Phi) is 12.7. The number of hydrogen-bond donors (Lipinski definition) is 0. The molecule has 0 atom stereocenters. The third-order valence-corrected chi connectivity index (χ3v) is 15.6. The zero-order chi connectivity index (χ0) is 35.1. The van der Waals surface area contributed by atoms with Crippen molar-refractivity contribution in [3.8, 4) is 33.4 Å². The highest BCUT2D eigenvalue weighted by Crippen LogP contribution is 2.55. The van der Waals surface area contributed by atoms with E-state index in [0.29, 0.717) is 0 Å². The summed E-state index contributed by atoms with van der Waals surface area (Å²) < 4.78 is 0. The fourth-order valence-electron chi connectivity index (χ4n) is 8.26. The molecule has 0 spiro atoms. The Morgan fingerprint density at radius 2 is 0.714 bits per heavy atom. The van der Waals surface area contributed by atoms with Crippen LogP contribution in [0, 0.1) is 0 Å². The molecule has 0 aromatic heterocycles. The van der Waals surface area contributed by atoms with Gasteiger partial charge in [-0.15, -0.1) is 0 Å². The summed E-state index contributed by atoms with van der Waals surface area (Å²) in [6.07, 6.45) is 18.7.